The second-order valence-electron chi connectivity index (χ2n) is 11.2. The summed E-state index contributed by atoms with van der Waals surface area (Å²) >= 11 is 0. The van der Waals surface area contributed by atoms with Gasteiger partial charge in [0.05, 0.1) is 0 Å². The van der Waals surface area contributed by atoms with Crippen LogP contribution in [0.15, 0.2) is 12.1 Å². The van der Waals surface area contributed by atoms with Gasteiger partial charge < -0.3 is 5.11 Å². The number of aromatic hydroxyl groups is 1. The van der Waals surface area contributed by atoms with E-state index >= 15 is 0 Å². The van der Waals surface area contributed by atoms with Crippen molar-refractivity contribution < 1.29 is 5.11 Å². The summed E-state index contributed by atoms with van der Waals surface area (Å²) in [6.07, 6.45) is 33.3. The maximum Gasteiger partial charge on any atom is 0.119 e. The lowest BCUT2D eigenvalue weighted by Gasteiger charge is -2.17. The molecule has 1 N–H and O–H groups in total. The van der Waals surface area contributed by atoms with Gasteiger partial charge >= 0.3 is 0 Å². The number of hydrogen-bond acceptors (Lipinski definition) is 1. The SMILES string of the molecule is CCCCCCCCCCCCc1c(O)ccc(CCCCCCCC)c1CCCCCCCC. The predicted octanol–water partition coefficient (Wildman–Crippen LogP) is 11.7. The summed E-state index contributed by atoms with van der Waals surface area (Å²) in [7, 11) is 0. The highest BCUT2D eigenvalue weighted by Gasteiger charge is 2.13. The van der Waals surface area contributed by atoms with Gasteiger partial charge in [-0.25, -0.2) is 0 Å². The van der Waals surface area contributed by atoms with E-state index in [0.29, 0.717) is 5.75 Å². The highest BCUT2D eigenvalue weighted by molar-refractivity contribution is 5.45. The molecule has 0 heterocycles. The fraction of sp³-hybridized carbons (Fsp3) is 0.824. The molecule has 0 aromatic heterocycles. The van der Waals surface area contributed by atoms with Crippen LogP contribution >= 0.6 is 0 Å². The largest absolute Gasteiger partial charge is 0.508 e. The van der Waals surface area contributed by atoms with Crippen LogP contribution in [0.25, 0.3) is 0 Å². The lowest BCUT2D eigenvalue weighted by atomic mass is 9.89. The molecule has 1 aromatic rings. The Balaban J connectivity index is 2.55. The molecule has 0 atom stereocenters. The Kier molecular flexibility index (Phi) is 21.4. The monoisotopic (exact) mass is 486 g/mol. The number of hydrogen-bond donors (Lipinski definition) is 1. The van der Waals surface area contributed by atoms with E-state index < -0.39 is 0 Å². The molecule has 0 radical (unpaired) electrons. The zero-order chi connectivity index (χ0) is 25.4. The molecule has 0 aliphatic carbocycles. The molecule has 0 aliphatic rings. The van der Waals surface area contributed by atoms with Crippen molar-refractivity contribution in [1.29, 1.82) is 0 Å². The van der Waals surface area contributed by atoms with Crippen molar-refractivity contribution in [1.82, 2.24) is 0 Å². The minimum atomic E-state index is 0.564. The fourth-order valence-corrected chi connectivity index (χ4v) is 5.52. The van der Waals surface area contributed by atoms with Crippen molar-refractivity contribution in [3.8, 4) is 5.75 Å². The third-order valence-electron chi connectivity index (χ3n) is 7.86. The van der Waals surface area contributed by atoms with Gasteiger partial charge in [0.1, 0.15) is 5.75 Å². The summed E-state index contributed by atoms with van der Waals surface area (Å²) in [6.45, 7) is 6.88. The Morgan fingerprint density at radius 3 is 1.17 bits per heavy atom. The van der Waals surface area contributed by atoms with Gasteiger partial charge in [-0.2, -0.15) is 0 Å². The van der Waals surface area contributed by atoms with E-state index in [0.717, 1.165) is 6.42 Å². The molecule has 0 fully saturated rings. The number of rotatable bonds is 25. The van der Waals surface area contributed by atoms with Crippen LogP contribution in [0.4, 0.5) is 0 Å². The number of phenols is 1. The predicted molar refractivity (Wildman–Crippen MR) is 158 cm³/mol. The van der Waals surface area contributed by atoms with Crippen LogP contribution in [-0.4, -0.2) is 5.11 Å². The van der Waals surface area contributed by atoms with Crippen molar-refractivity contribution in [2.75, 3.05) is 0 Å². The average Bonchev–Trinajstić information content (AvgIpc) is 2.86. The second-order valence-corrected chi connectivity index (χ2v) is 11.2. The first-order valence-corrected chi connectivity index (χ1v) is 16.1. The van der Waals surface area contributed by atoms with Gasteiger partial charge in [0.2, 0.25) is 0 Å². The molecule has 1 aromatic carbocycles. The Hall–Kier alpha value is -0.980. The lowest BCUT2D eigenvalue weighted by Crippen LogP contribution is -2.03. The number of phenolic OH excluding ortho intramolecular Hbond substituents is 1. The van der Waals surface area contributed by atoms with E-state index in [1.807, 2.05) is 6.07 Å². The zero-order valence-corrected chi connectivity index (χ0v) is 24.3. The number of benzene rings is 1. The summed E-state index contributed by atoms with van der Waals surface area (Å²) in [5, 5.41) is 10.8. The number of aryl methyl sites for hydroxylation is 1. The van der Waals surface area contributed by atoms with Crippen molar-refractivity contribution in [2.24, 2.45) is 0 Å². The molecule has 1 rings (SSSR count). The van der Waals surface area contributed by atoms with Crippen LogP contribution in [0.5, 0.6) is 5.75 Å². The maximum absolute atomic E-state index is 10.8. The summed E-state index contributed by atoms with van der Waals surface area (Å²) in [6, 6.07) is 4.25. The molecular weight excluding hydrogens is 424 g/mol. The van der Waals surface area contributed by atoms with E-state index in [-0.39, 0.29) is 0 Å². The quantitative estimate of drug-likeness (QED) is 0.136. The summed E-state index contributed by atoms with van der Waals surface area (Å²) in [5.74, 6) is 0.564. The molecule has 0 saturated carbocycles. The molecule has 0 bridgehead atoms. The van der Waals surface area contributed by atoms with E-state index in [9.17, 15) is 5.11 Å². The van der Waals surface area contributed by atoms with Crippen molar-refractivity contribution in [2.45, 2.75) is 181 Å². The molecule has 0 spiro atoms. The maximum atomic E-state index is 10.8. The molecular formula is C34H62O. The molecule has 0 unspecified atom stereocenters. The number of unbranched alkanes of at least 4 members (excludes halogenated alkanes) is 19. The van der Waals surface area contributed by atoms with E-state index in [4.69, 9.17) is 0 Å². The summed E-state index contributed by atoms with van der Waals surface area (Å²) < 4.78 is 0. The highest BCUT2D eigenvalue weighted by Crippen LogP contribution is 2.30. The van der Waals surface area contributed by atoms with E-state index in [1.54, 1.807) is 0 Å². The molecule has 1 nitrogen and oxygen atoms in total. The molecule has 1 heteroatoms. The molecule has 35 heavy (non-hydrogen) atoms. The van der Waals surface area contributed by atoms with E-state index in [2.05, 4.69) is 26.8 Å². The van der Waals surface area contributed by atoms with Gasteiger partial charge in [-0.3, -0.25) is 0 Å². The van der Waals surface area contributed by atoms with Crippen LogP contribution in [0, 0.1) is 0 Å². The Morgan fingerprint density at radius 1 is 0.400 bits per heavy atom. The first-order valence-electron chi connectivity index (χ1n) is 16.1. The Bertz CT molecular complexity index is 590. The van der Waals surface area contributed by atoms with Gasteiger partial charge in [-0.05, 0) is 61.3 Å². The van der Waals surface area contributed by atoms with Crippen molar-refractivity contribution in [3.05, 3.63) is 28.8 Å². The van der Waals surface area contributed by atoms with Gasteiger partial charge in [0, 0.05) is 0 Å². The lowest BCUT2D eigenvalue weighted by molar-refractivity contribution is 0.463. The first-order chi connectivity index (χ1) is 17.2. The van der Waals surface area contributed by atoms with Crippen molar-refractivity contribution >= 4 is 0 Å². The van der Waals surface area contributed by atoms with Gasteiger partial charge in [-0.1, -0.05) is 149 Å². The second kappa shape index (κ2) is 23.4. The molecule has 0 aliphatic heterocycles. The van der Waals surface area contributed by atoms with Crippen LogP contribution in [0.2, 0.25) is 0 Å². The summed E-state index contributed by atoms with van der Waals surface area (Å²) in [4.78, 5) is 0. The van der Waals surface area contributed by atoms with Crippen LogP contribution in [0.1, 0.15) is 179 Å². The molecule has 0 saturated heterocycles. The van der Waals surface area contributed by atoms with Crippen LogP contribution in [-0.2, 0) is 19.3 Å². The Morgan fingerprint density at radius 2 is 0.743 bits per heavy atom. The third-order valence-corrected chi connectivity index (χ3v) is 7.86. The first kappa shape index (κ1) is 32.0. The molecule has 0 amide bonds. The van der Waals surface area contributed by atoms with Crippen LogP contribution in [0.3, 0.4) is 0 Å². The van der Waals surface area contributed by atoms with Gasteiger partial charge in [-0.15, -0.1) is 0 Å². The zero-order valence-electron chi connectivity index (χ0n) is 24.3. The van der Waals surface area contributed by atoms with Crippen molar-refractivity contribution in [3.63, 3.8) is 0 Å². The fourth-order valence-electron chi connectivity index (χ4n) is 5.52. The molecule has 204 valence electrons. The topological polar surface area (TPSA) is 20.2 Å². The minimum absolute atomic E-state index is 0.564. The van der Waals surface area contributed by atoms with Gasteiger partial charge in [0.15, 0.2) is 0 Å². The highest BCUT2D eigenvalue weighted by atomic mass is 16.3. The normalized spacial score (nSPS) is 11.4. The summed E-state index contributed by atoms with van der Waals surface area (Å²) in [5.41, 5.74) is 4.35. The standard InChI is InChI=1S/C34H62O/c1-4-7-10-13-16-17-18-19-22-25-28-33-32(27-24-21-15-12-9-6-3)31(29-30-34(33)35)26-23-20-14-11-8-5-2/h29-30,35H,4-28H2,1-3H3. The van der Waals surface area contributed by atoms with Crippen LogP contribution < -0.4 is 0 Å². The minimum Gasteiger partial charge on any atom is -0.508 e. The third kappa shape index (κ3) is 16.4. The van der Waals surface area contributed by atoms with Gasteiger partial charge in [0.25, 0.3) is 0 Å². The van der Waals surface area contributed by atoms with E-state index in [1.165, 1.54) is 171 Å². The average molecular weight is 487 g/mol. The Labute approximate surface area is 220 Å². The smallest absolute Gasteiger partial charge is 0.119 e.